The number of rotatable bonds is 7. The number of pyridine rings is 1. The van der Waals surface area contributed by atoms with Gasteiger partial charge in [0.25, 0.3) is 0 Å². The number of benzene rings is 1. The average Bonchev–Trinajstić information content (AvgIpc) is 2.45. The molecule has 0 saturated carbocycles. The molecule has 1 aromatic carbocycles. The molecule has 0 aliphatic carbocycles. The molecule has 4 heteroatoms. The Morgan fingerprint density at radius 3 is 2.71 bits per heavy atom. The molecule has 1 heterocycles. The first-order chi connectivity index (χ1) is 10.1. The molecule has 114 valence electrons. The van der Waals surface area contributed by atoms with Crippen LogP contribution in [-0.2, 0) is 4.74 Å². The van der Waals surface area contributed by atoms with Crippen LogP contribution in [0, 0.1) is 6.92 Å². The van der Waals surface area contributed by atoms with Crippen LogP contribution in [0.2, 0.25) is 0 Å². The third-order valence-corrected chi connectivity index (χ3v) is 3.22. The zero-order chi connectivity index (χ0) is 15.2. The number of ether oxygens (including phenoxy) is 2. The molecule has 0 spiro atoms. The molecule has 0 aliphatic heterocycles. The van der Waals surface area contributed by atoms with E-state index in [1.54, 1.807) is 7.11 Å². The number of aromatic nitrogens is 1. The highest BCUT2D eigenvalue weighted by molar-refractivity contribution is 5.84. The predicted octanol–water partition coefficient (Wildman–Crippen LogP) is 2.94. The van der Waals surface area contributed by atoms with E-state index in [0.29, 0.717) is 12.6 Å². The first-order valence-electron chi connectivity index (χ1n) is 7.35. The molecule has 21 heavy (non-hydrogen) atoms. The van der Waals surface area contributed by atoms with E-state index in [9.17, 15) is 0 Å². The minimum Gasteiger partial charge on any atom is -0.484 e. The largest absolute Gasteiger partial charge is 0.484 e. The number of hydrogen-bond acceptors (Lipinski definition) is 4. The monoisotopic (exact) mass is 288 g/mol. The zero-order valence-electron chi connectivity index (χ0n) is 13.2. The number of nitrogens with one attached hydrogen (secondary N) is 1. The molecule has 0 amide bonds. The van der Waals surface area contributed by atoms with E-state index < -0.39 is 0 Å². The Kier molecular flexibility index (Phi) is 5.53. The third kappa shape index (κ3) is 4.41. The van der Waals surface area contributed by atoms with Gasteiger partial charge in [0.2, 0.25) is 0 Å². The van der Waals surface area contributed by atoms with Gasteiger partial charge in [0.15, 0.2) is 0 Å². The third-order valence-electron chi connectivity index (χ3n) is 3.22. The Labute approximate surface area is 126 Å². The molecule has 2 aromatic rings. The van der Waals surface area contributed by atoms with Gasteiger partial charge >= 0.3 is 0 Å². The molecule has 0 saturated heterocycles. The van der Waals surface area contributed by atoms with Crippen molar-refractivity contribution in [2.45, 2.75) is 32.9 Å². The van der Waals surface area contributed by atoms with Crippen LogP contribution in [0.3, 0.4) is 0 Å². The molecule has 0 bridgehead atoms. The molecular formula is C17H24N2O2. The molecule has 1 atom stereocenters. The van der Waals surface area contributed by atoms with Gasteiger partial charge < -0.3 is 14.8 Å². The minimum absolute atomic E-state index is 0.0367. The Bertz CT molecular complexity index is 584. The van der Waals surface area contributed by atoms with E-state index in [1.165, 1.54) is 0 Å². The Morgan fingerprint density at radius 2 is 2.00 bits per heavy atom. The van der Waals surface area contributed by atoms with Crippen molar-refractivity contribution in [3.8, 4) is 5.75 Å². The number of fused-ring (bicyclic) bond motifs is 1. The van der Waals surface area contributed by atoms with Gasteiger partial charge in [-0.05, 0) is 19.1 Å². The maximum absolute atomic E-state index is 6.12. The smallest absolute Gasteiger partial charge is 0.146 e. The normalized spacial score (nSPS) is 12.8. The lowest BCUT2D eigenvalue weighted by atomic mass is 10.2. The summed E-state index contributed by atoms with van der Waals surface area (Å²) < 4.78 is 11.4. The Morgan fingerprint density at radius 1 is 1.19 bits per heavy atom. The fourth-order valence-electron chi connectivity index (χ4n) is 2.18. The molecule has 4 nitrogen and oxygen atoms in total. The van der Waals surface area contributed by atoms with E-state index >= 15 is 0 Å². The number of methoxy groups -OCH3 is 1. The summed E-state index contributed by atoms with van der Waals surface area (Å²) in [6, 6.07) is 10.5. The SMILES string of the molecule is COCC(CNC(C)C)Oc1cccc2ccc(C)nc12. The molecule has 1 aromatic heterocycles. The van der Waals surface area contributed by atoms with Gasteiger partial charge in [-0.3, -0.25) is 0 Å². The molecule has 0 radical (unpaired) electrons. The highest BCUT2D eigenvalue weighted by Gasteiger charge is 2.13. The van der Waals surface area contributed by atoms with Gasteiger partial charge in [0.1, 0.15) is 17.4 Å². The molecule has 0 fully saturated rings. The van der Waals surface area contributed by atoms with Crippen LogP contribution in [0.15, 0.2) is 30.3 Å². The lowest BCUT2D eigenvalue weighted by molar-refractivity contribution is 0.0803. The number of nitrogens with zero attached hydrogens (tertiary/aromatic N) is 1. The first kappa shape index (κ1) is 15.7. The quantitative estimate of drug-likeness (QED) is 0.850. The first-order valence-corrected chi connectivity index (χ1v) is 7.35. The summed E-state index contributed by atoms with van der Waals surface area (Å²) >= 11 is 0. The second-order valence-corrected chi connectivity index (χ2v) is 5.54. The summed E-state index contributed by atoms with van der Waals surface area (Å²) in [5.41, 5.74) is 1.89. The van der Waals surface area contributed by atoms with Crippen molar-refractivity contribution in [3.63, 3.8) is 0 Å². The fraction of sp³-hybridized carbons (Fsp3) is 0.471. The van der Waals surface area contributed by atoms with Crippen molar-refractivity contribution in [2.24, 2.45) is 0 Å². The van der Waals surface area contributed by atoms with Crippen LogP contribution in [0.5, 0.6) is 5.75 Å². The molecule has 2 rings (SSSR count). The molecule has 0 aliphatic rings. The van der Waals surface area contributed by atoms with E-state index in [2.05, 4.69) is 30.2 Å². The Hall–Kier alpha value is -1.65. The minimum atomic E-state index is -0.0367. The van der Waals surface area contributed by atoms with Gasteiger partial charge in [-0.15, -0.1) is 0 Å². The molecular weight excluding hydrogens is 264 g/mol. The lowest BCUT2D eigenvalue weighted by Crippen LogP contribution is -2.38. The zero-order valence-corrected chi connectivity index (χ0v) is 13.2. The highest BCUT2D eigenvalue weighted by Crippen LogP contribution is 2.24. The summed E-state index contributed by atoms with van der Waals surface area (Å²) in [4.78, 5) is 4.60. The van der Waals surface area contributed by atoms with Crippen LogP contribution in [0.25, 0.3) is 10.9 Å². The average molecular weight is 288 g/mol. The van der Waals surface area contributed by atoms with Crippen molar-refractivity contribution in [1.29, 1.82) is 0 Å². The highest BCUT2D eigenvalue weighted by atomic mass is 16.5. The predicted molar refractivity (Wildman–Crippen MR) is 85.9 cm³/mol. The van der Waals surface area contributed by atoms with Gasteiger partial charge in [-0.2, -0.15) is 0 Å². The summed E-state index contributed by atoms with van der Waals surface area (Å²) in [5.74, 6) is 0.809. The van der Waals surface area contributed by atoms with Gasteiger partial charge in [-0.25, -0.2) is 4.98 Å². The summed E-state index contributed by atoms with van der Waals surface area (Å²) in [5, 5.41) is 4.47. The number of aryl methyl sites for hydroxylation is 1. The van der Waals surface area contributed by atoms with Gasteiger partial charge in [0, 0.05) is 30.8 Å². The van der Waals surface area contributed by atoms with Gasteiger partial charge in [-0.1, -0.05) is 32.0 Å². The van der Waals surface area contributed by atoms with E-state index in [-0.39, 0.29) is 6.10 Å². The maximum atomic E-state index is 6.12. The van der Waals surface area contributed by atoms with E-state index in [4.69, 9.17) is 9.47 Å². The topological polar surface area (TPSA) is 43.4 Å². The second-order valence-electron chi connectivity index (χ2n) is 5.54. The van der Waals surface area contributed by atoms with Crippen LogP contribution in [0.1, 0.15) is 19.5 Å². The van der Waals surface area contributed by atoms with Crippen LogP contribution in [-0.4, -0.2) is 37.4 Å². The van der Waals surface area contributed by atoms with Crippen molar-refractivity contribution in [1.82, 2.24) is 10.3 Å². The summed E-state index contributed by atoms with van der Waals surface area (Å²) in [7, 11) is 1.69. The van der Waals surface area contributed by atoms with Crippen molar-refractivity contribution >= 4 is 10.9 Å². The molecule has 1 N–H and O–H groups in total. The van der Waals surface area contributed by atoms with Crippen molar-refractivity contribution in [3.05, 3.63) is 36.0 Å². The van der Waals surface area contributed by atoms with E-state index in [0.717, 1.165) is 28.9 Å². The van der Waals surface area contributed by atoms with Crippen molar-refractivity contribution in [2.75, 3.05) is 20.3 Å². The summed E-state index contributed by atoms with van der Waals surface area (Å²) in [6.45, 7) is 7.51. The van der Waals surface area contributed by atoms with Crippen LogP contribution >= 0.6 is 0 Å². The van der Waals surface area contributed by atoms with Crippen LogP contribution in [0.4, 0.5) is 0 Å². The number of para-hydroxylation sites is 1. The number of hydrogen-bond donors (Lipinski definition) is 1. The fourth-order valence-corrected chi connectivity index (χ4v) is 2.18. The lowest BCUT2D eigenvalue weighted by Gasteiger charge is -2.21. The maximum Gasteiger partial charge on any atom is 0.146 e. The van der Waals surface area contributed by atoms with Crippen molar-refractivity contribution < 1.29 is 9.47 Å². The molecule has 1 unspecified atom stereocenters. The van der Waals surface area contributed by atoms with Gasteiger partial charge in [0.05, 0.1) is 6.61 Å². The van der Waals surface area contributed by atoms with Crippen LogP contribution < -0.4 is 10.1 Å². The second kappa shape index (κ2) is 7.38. The Balaban J connectivity index is 2.21. The summed E-state index contributed by atoms with van der Waals surface area (Å²) in [6.07, 6.45) is -0.0367. The van der Waals surface area contributed by atoms with E-state index in [1.807, 2.05) is 31.2 Å². The standard InChI is InChI=1S/C17H24N2O2/c1-12(2)18-10-15(11-20-4)21-16-7-5-6-14-9-8-13(3)19-17(14)16/h5-9,12,15,18H,10-11H2,1-4H3.